The maximum atomic E-state index is 4.58. The molecule has 1 aliphatic rings. The van der Waals surface area contributed by atoms with Crippen molar-refractivity contribution in [3.8, 4) is 0 Å². The van der Waals surface area contributed by atoms with Crippen molar-refractivity contribution in [3.05, 3.63) is 42.1 Å². The molecule has 1 aliphatic heterocycles. The van der Waals surface area contributed by atoms with Crippen LogP contribution in [0.2, 0.25) is 0 Å². The fraction of sp³-hybridized carbons (Fsp3) is 0.0769. The van der Waals surface area contributed by atoms with Gasteiger partial charge in [-0.2, -0.15) is 0 Å². The second-order valence-electron chi connectivity index (χ2n) is 4.03. The molecule has 0 unspecified atom stereocenters. The van der Waals surface area contributed by atoms with E-state index in [-0.39, 0.29) is 0 Å². The van der Waals surface area contributed by atoms with Crippen LogP contribution in [0.25, 0.3) is 16.7 Å². The zero-order valence-corrected chi connectivity index (χ0v) is 8.59. The van der Waals surface area contributed by atoms with Gasteiger partial charge in [-0.15, -0.1) is 0 Å². The molecular weight excluding hydrogens is 198 g/mol. The molecule has 0 bridgehead atoms. The summed E-state index contributed by atoms with van der Waals surface area (Å²) in [6.45, 7) is 0. The molecule has 1 aromatic carbocycles. The Balaban J connectivity index is 2.21. The minimum atomic E-state index is 0.928. The van der Waals surface area contributed by atoms with E-state index in [1.807, 2.05) is 24.4 Å². The van der Waals surface area contributed by atoms with E-state index in [1.54, 1.807) is 0 Å². The van der Waals surface area contributed by atoms with Crippen molar-refractivity contribution in [2.24, 2.45) is 4.99 Å². The van der Waals surface area contributed by atoms with Gasteiger partial charge in [0.2, 0.25) is 0 Å². The Morgan fingerprint density at radius 2 is 2.12 bits per heavy atom. The fourth-order valence-electron chi connectivity index (χ4n) is 2.26. The fourth-order valence-corrected chi connectivity index (χ4v) is 2.26. The largest absolute Gasteiger partial charge is 0.299 e. The normalized spacial score (nSPS) is 13.8. The van der Waals surface area contributed by atoms with Gasteiger partial charge >= 0.3 is 0 Å². The molecule has 3 heterocycles. The van der Waals surface area contributed by atoms with Crippen molar-refractivity contribution >= 4 is 28.6 Å². The summed E-state index contributed by atoms with van der Waals surface area (Å²) in [5, 5.41) is 0. The summed E-state index contributed by atoms with van der Waals surface area (Å²) in [4.78, 5) is 8.92. The van der Waals surface area contributed by atoms with Crippen molar-refractivity contribution < 1.29 is 0 Å². The van der Waals surface area contributed by atoms with Gasteiger partial charge in [0, 0.05) is 24.9 Å². The first-order valence-corrected chi connectivity index (χ1v) is 5.34. The van der Waals surface area contributed by atoms with Crippen LogP contribution in [0.1, 0.15) is 5.56 Å². The summed E-state index contributed by atoms with van der Waals surface area (Å²) in [6.07, 6.45) is 5.02. The lowest BCUT2D eigenvalue weighted by atomic mass is 10.2. The molecule has 3 nitrogen and oxygen atoms in total. The molecule has 0 radical (unpaired) electrons. The summed E-state index contributed by atoms with van der Waals surface area (Å²) < 4.78 is 2.14. The van der Waals surface area contributed by atoms with E-state index in [4.69, 9.17) is 0 Å². The third-order valence-corrected chi connectivity index (χ3v) is 3.04. The second-order valence-corrected chi connectivity index (χ2v) is 4.03. The number of benzene rings is 1. The summed E-state index contributed by atoms with van der Waals surface area (Å²) in [7, 11) is 0. The highest BCUT2D eigenvalue weighted by atomic mass is 15.0. The first-order chi connectivity index (χ1) is 7.92. The van der Waals surface area contributed by atoms with Gasteiger partial charge in [0.25, 0.3) is 0 Å². The highest BCUT2D eigenvalue weighted by Crippen LogP contribution is 2.27. The molecule has 0 amide bonds. The molecule has 2 aromatic heterocycles. The van der Waals surface area contributed by atoms with Crippen molar-refractivity contribution in [1.82, 2.24) is 9.38 Å². The Hall–Kier alpha value is -2.16. The minimum Gasteiger partial charge on any atom is -0.299 e. The van der Waals surface area contributed by atoms with Crippen molar-refractivity contribution in [1.29, 1.82) is 0 Å². The van der Waals surface area contributed by atoms with Crippen molar-refractivity contribution in [3.63, 3.8) is 0 Å². The lowest BCUT2D eigenvalue weighted by molar-refractivity contribution is 1.18. The third-order valence-electron chi connectivity index (χ3n) is 3.04. The molecule has 16 heavy (non-hydrogen) atoms. The van der Waals surface area contributed by atoms with Crippen molar-refractivity contribution in [2.45, 2.75) is 6.42 Å². The Bertz CT molecular complexity index is 737. The lowest BCUT2D eigenvalue weighted by Crippen LogP contribution is -1.88. The first kappa shape index (κ1) is 8.05. The molecule has 0 spiro atoms. The van der Waals surface area contributed by atoms with Gasteiger partial charge in [0.15, 0.2) is 0 Å². The average molecular weight is 207 g/mol. The van der Waals surface area contributed by atoms with Gasteiger partial charge in [-0.05, 0) is 17.7 Å². The van der Waals surface area contributed by atoms with E-state index in [2.05, 4.69) is 32.7 Å². The molecule has 0 saturated heterocycles. The standard InChI is InChI=1S/C13H9N3/c1-2-4-12-10(3-1)15-13-7-11-9(5-6-14-11)8-16(12)13/h1-4,6-8H,5H2. The maximum Gasteiger partial charge on any atom is 0.140 e. The van der Waals surface area contributed by atoms with Crippen LogP contribution in [0, 0.1) is 0 Å². The quantitative estimate of drug-likeness (QED) is 0.557. The summed E-state index contributed by atoms with van der Waals surface area (Å²) in [5.41, 5.74) is 5.50. The number of hydrogen-bond donors (Lipinski definition) is 0. The predicted octanol–water partition coefficient (Wildman–Crippen LogP) is 2.75. The topological polar surface area (TPSA) is 29.7 Å². The number of fused-ring (bicyclic) bond motifs is 4. The van der Waals surface area contributed by atoms with Crippen molar-refractivity contribution in [2.75, 3.05) is 0 Å². The number of pyridine rings is 1. The van der Waals surface area contributed by atoms with Crippen LogP contribution in [0.5, 0.6) is 0 Å². The summed E-state index contributed by atoms with van der Waals surface area (Å²) in [5.74, 6) is 0. The van der Waals surface area contributed by atoms with Gasteiger partial charge in [0.05, 0.1) is 16.7 Å². The van der Waals surface area contributed by atoms with E-state index in [1.165, 1.54) is 5.56 Å². The minimum absolute atomic E-state index is 0.928. The second kappa shape index (κ2) is 2.70. The molecule has 4 rings (SSSR count). The smallest absolute Gasteiger partial charge is 0.140 e. The van der Waals surface area contributed by atoms with E-state index in [0.717, 1.165) is 28.8 Å². The van der Waals surface area contributed by atoms with Crippen LogP contribution in [-0.2, 0) is 6.42 Å². The predicted molar refractivity (Wildman–Crippen MR) is 64.6 cm³/mol. The van der Waals surface area contributed by atoms with Crippen LogP contribution in [0.3, 0.4) is 0 Å². The van der Waals surface area contributed by atoms with Crippen LogP contribution in [0.4, 0.5) is 5.69 Å². The number of imidazole rings is 1. The van der Waals surface area contributed by atoms with Crippen LogP contribution >= 0.6 is 0 Å². The average Bonchev–Trinajstić information content (AvgIpc) is 2.88. The van der Waals surface area contributed by atoms with E-state index < -0.39 is 0 Å². The highest BCUT2D eigenvalue weighted by Gasteiger charge is 2.10. The van der Waals surface area contributed by atoms with E-state index >= 15 is 0 Å². The third kappa shape index (κ3) is 0.922. The number of aliphatic imine (C=N–C) groups is 1. The Kier molecular flexibility index (Phi) is 1.36. The lowest BCUT2D eigenvalue weighted by Gasteiger charge is -1.99. The molecule has 76 valence electrons. The Morgan fingerprint density at radius 3 is 3.12 bits per heavy atom. The molecule has 0 saturated carbocycles. The SMILES string of the molecule is C1=Nc2cc3nc4ccccc4n3cc2C1. The van der Waals surface area contributed by atoms with Gasteiger partial charge in [-0.3, -0.25) is 9.39 Å². The Morgan fingerprint density at radius 1 is 1.19 bits per heavy atom. The zero-order chi connectivity index (χ0) is 10.5. The molecule has 3 heteroatoms. The van der Waals surface area contributed by atoms with Crippen LogP contribution in [-0.4, -0.2) is 15.6 Å². The molecular formula is C13H9N3. The number of hydrogen-bond acceptors (Lipinski definition) is 2. The number of rotatable bonds is 0. The molecule has 3 aromatic rings. The Labute approximate surface area is 92.1 Å². The first-order valence-electron chi connectivity index (χ1n) is 5.34. The zero-order valence-electron chi connectivity index (χ0n) is 8.59. The number of aromatic nitrogens is 2. The van der Waals surface area contributed by atoms with Crippen LogP contribution in [0.15, 0.2) is 41.5 Å². The van der Waals surface area contributed by atoms with Gasteiger partial charge in [0.1, 0.15) is 5.65 Å². The monoisotopic (exact) mass is 207 g/mol. The molecule has 0 fully saturated rings. The molecule has 0 aliphatic carbocycles. The maximum absolute atomic E-state index is 4.58. The summed E-state index contributed by atoms with van der Waals surface area (Å²) >= 11 is 0. The van der Waals surface area contributed by atoms with Gasteiger partial charge in [-0.1, -0.05) is 12.1 Å². The molecule has 0 atom stereocenters. The highest BCUT2D eigenvalue weighted by molar-refractivity contribution is 5.84. The van der Waals surface area contributed by atoms with E-state index in [9.17, 15) is 0 Å². The molecule has 0 N–H and O–H groups in total. The van der Waals surface area contributed by atoms with E-state index in [0.29, 0.717) is 0 Å². The van der Waals surface area contributed by atoms with Gasteiger partial charge < -0.3 is 0 Å². The van der Waals surface area contributed by atoms with Crippen LogP contribution < -0.4 is 0 Å². The summed E-state index contributed by atoms with van der Waals surface area (Å²) in [6, 6.07) is 10.2. The number of para-hydroxylation sites is 2. The number of nitrogens with zero attached hydrogens (tertiary/aromatic N) is 3. The van der Waals surface area contributed by atoms with Gasteiger partial charge in [-0.25, -0.2) is 4.98 Å².